The topological polar surface area (TPSA) is 43.3 Å². The number of methoxy groups -OCH3 is 1. The summed E-state index contributed by atoms with van der Waals surface area (Å²) >= 11 is 0. The molecule has 2 heterocycles. The third kappa shape index (κ3) is 3.28. The number of pyridine rings is 2. The predicted molar refractivity (Wildman–Crippen MR) is 66.8 cm³/mol. The SMILES string of the molecule is COC(=O)C[n+]1ccc(-c2cc[n+](OC)cc2)cc1. The van der Waals surface area contributed by atoms with Crippen molar-refractivity contribution in [2.24, 2.45) is 0 Å². The molecule has 0 atom stereocenters. The van der Waals surface area contributed by atoms with Crippen LogP contribution in [0.2, 0.25) is 0 Å². The van der Waals surface area contributed by atoms with E-state index in [4.69, 9.17) is 4.84 Å². The van der Waals surface area contributed by atoms with Gasteiger partial charge in [0.05, 0.1) is 7.11 Å². The molecule has 0 radical (unpaired) electrons. The van der Waals surface area contributed by atoms with Crippen LogP contribution in [0.4, 0.5) is 0 Å². The molecule has 0 aliphatic heterocycles. The van der Waals surface area contributed by atoms with Gasteiger partial charge in [0.2, 0.25) is 18.9 Å². The molecule has 5 nitrogen and oxygen atoms in total. The van der Waals surface area contributed by atoms with Crippen LogP contribution in [0.1, 0.15) is 0 Å². The molecule has 98 valence electrons. The van der Waals surface area contributed by atoms with E-state index in [2.05, 4.69) is 4.74 Å². The molecule has 0 amide bonds. The molecule has 0 fully saturated rings. The highest BCUT2D eigenvalue weighted by Crippen LogP contribution is 2.15. The minimum atomic E-state index is -0.265. The summed E-state index contributed by atoms with van der Waals surface area (Å²) in [5, 5.41) is 0. The van der Waals surface area contributed by atoms with E-state index in [1.807, 2.05) is 49.1 Å². The molecule has 0 spiro atoms. The van der Waals surface area contributed by atoms with Crippen LogP contribution in [0.3, 0.4) is 0 Å². The lowest BCUT2D eigenvalue weighted by Gasteiger charge is -2.00. The van der Waals surface area contributed by atoms with E-state index in [-0.39, 0.29) is 12.5 Å². The van der Waals surface area contributed by atoms with E-state index in [1.54, 1.807) is 16.4 Å². The molecule has 0 aliphatic carbocycles. The van der Waals surface area contributed by atoms with Gasteiger partial charge < -0.3 is 4.74 Å². The van der Waals surface area contributed by atoms with Crippen molar-refractivity contribution in [2.45, 2.75) is 6.54 Å². The Kier molecular flexibility index (Phi) is 4.07. The Balaban J connectivity index is 2.14. The molecular formula is C14H16N2O3+2. The van der Waals surface area contributed by atoms with Crippen molar-refractivity contribution < 1.29 is 23.7 Å². The lowest BCUT2D eigenvalue weighted by molar-refractivity contribution is -0.885. The number of hydrogen-bond acceptors (Lipinski definition) is 3. The zero-order valence-electron chi connectivity index (χ0n) is 10.9. The molecule has 0 aliphatic rings. The molecule has 0 unspecified atom stereocenters. The maximum atomic E-state index is 11.1. The van der Waals surface area contributed by atoms with E-state index >= 15 is 0 Å². The first-order valence-corrected chi connectivity index (χ1v) is 5.85. The summed E-state index contributed by atoms with van der Waals surface area (Å²) in [7, 11) is 2.99. The Morgan fingerprint density at radius 2 is 1.53 bits per heavy atom. The van der Waals surface area contributed by atoms with Gasteiger partial charge in [0.25, 0.3) is 0 Å². The molecule has 0 saturated heterocycles. The first-order valence-electron chi connectivity index (χ1n) is 5.85. The fraction of sp³-hybridized carbons (Fsp3) is 0.214. The van der Waals surface area contributed by atoms with Crippen molar-refractivity contribution in [2.75, 3.05) is 14.2 Å². The number of carbonyl (C=O) groups excluding carboxylic acids is 1. The van der Waals surface area contributed by atoms with Crippen LogP contribution in [0.5, 0.6) is 0 Å². The van der Waals surface area contributed by atoms with E-state index in [9.17, 15) is 4.79 Å². The average Bonchev–Trinajstić information content (AvgIpc) is 2.48. The maximum Gasteiger partial charge on any atom is 0.372 e. The Labute approximate surface area is 111 Å². The maximum absolute atomic E-state index is 11.1. The van der Waals surface area contributed by atoms with Crippen LogP contribution < -0.4 is 14.1 Å². The monoisotopic (exact) mass is 260 g/mol. The summed E-state index contributed by atoms with van der Waals surface area (Å²) < 4.78 is 8.00. The van der Waals surface area contributed by atoms with Crippen LogP contribution in [0.15, 0.2) is 49.1 Å². The van der Waals surface area contributed by atoms with Crippen LogP contribution in [-0.2, 0) is 16.1 Å². The van der Waals surface area contributed by atoms with Gasteiger partial charge in [-0.25, -0.2) is 4.79 Å². The number of rotatable bonds is 4. The van der Waals surface area contributed by atoms with Gasteiger partial charge in [0.1, 0.15) is 7.11 Å². The van der Waals surface area contributed by atoms with E-state index in [0.29, 0.717) is 0 Å². The molecule has 0 N–H and O–H groups in total. The molecular weight excluding hydrogens is 244 g/mol. The first-order chi connectivity index (χ1) is 9.22. The predicted octanol–water partition coefficient (Wildman–Crippen LogP) is 0.160. The van der Waals surface area contributed by atoms with Gasteiger partial charge in [-0.3, -0.25) is 4.84 Å². The Morgan fingerprint density at radius 3 is 2.00 bits per heavy atom. The third-order valence-corrected chi connectivity index (χ3v) is 2.78. The standard InChI is InChI=1S/C14H16N2O3/c1-18-14(17)11-15-7-3-12(4-8-15)13-5-9-16(19-2)10-6-13/h3-10H,11H2,1-2H3/q+2. The van der Waals surface area contributed by atoms with Crippen molar-refractivity contribution in [3.8, 4) is 11.1 Å². The third-order valence-electron chi connectivity index (χ3n) is 2.78. The van der Waals surface area contributed by atoms with Gasteiger partial charge in [-0.15, -0.1) is 0 Å². The summed E-state index contributed by atoms with van der Waals surface area (Å²) in [6, 6.07) is 7.83. The van der Waals surface area contributed by atoms with Gasteiger partial charge in [0.15, 0.2) is 12.4 Å². The number of esters is 1. The second-order valence-corrected chi connectivity index (χ2v) is 3.96. The minimum Gasteiger partial charge on any atom is -0.464 e. The van der Waals surface area contributed by atoms with Crippen molar-refractivity contribution in [3.05, 3.63) is 49.1 Å². The molecule has 0 saturated carbocycles. The van der Waals surface area contributed by atoms with Gasteiger partial charge in [0, 0.05) is 29.0 Å². The molecule has 19 heavy (non-hydrogen) atoms. The summed E-state index contributed by atoms with van der Waals surface area (Å²) in [5.74, 6) is -0.265. The first kappa shape index (κ1) is 13.0. The molecule has 2 aromatic rings. The van der Waals surface area contributed by atoms with Crippen LogP contribution in [-0.4, -0.2) is 20.2 Å². The normalized spacial score (nSPS) is 10.0. The van der Waals surface area contributed by atoms with Crippen LogP contribution >= 0.6 is 0 Å². The highest BCUT2D eigenvalue weighted by molar-refractivity contribution is 5.67. The van der Waals surface area contributed by atoms with E-state index in [1.165, 1.54) is 7.11 Å². The number of hydrogen-bond donors (Lipinski definition) is 0. The highest BCUT2D eigenvalue weighted by Gasteiger charge is 2.09. The van der Waals surface area contributed by atoms with Gasteiger partial charge >= 0.3 is 5.97 Å². The lowest BCUT2D eigenvalue weighted by Crippen LogP contribution is -2.39. The zero-order chi connectivity index (χ0) is 13.7. The molecule has 5 heteroatoms. The Bertz CT molecular complexity index is 550. The Hall–Kier alpha value is -2.43. The average molecular weight is 260 g/mol. The minimum absolute atomic E-state index is 0.218. The number of nitrogens with zero attached hydrogens (tertiary/aromatic N) is 2. The zero-order valence-corrected chi connectivity index (χ0v) is 10.9. The molecule has 2 aromatic heterocycles. The smallest absolute Gasteiger partial charge is 0.372 e. The second-order valence-electron chi connectivity index (χ2n) is 3.96. The Morgan fingerprint density at radius 1 is 1.00 bits per heavy atom. The van der Waals surface area contributed by atoms with Crippen LogP contribution in [0, 0.1) is 0 Å². The van der Waals surface area contributed by atoms with Gasteiger partial charge in [-0.1, -0.05) is 0 Å². The number of aromatic nitrogens is 2. The van der Waals surface area contributed by atoms with E-state index < -0.39 is 0 Å². The second kappa shape index (κ2) is 5.95. The van der Waals surface area contributed by atoms with Crippen molar-refractivity contribution in [1.82, 2.24) is 0 Å². The number of ether oxygens (including phenoxy) is 1. The van der Waals surface area contributed by atoms with Crippen LogP contribution in [0.25, 0.3) is 11.1 Å². The largest absolute Gasteiger partial charge is 0.464 e. The molecule has 2 rings (SSSR count). The van der Waals surface area contributed by atoms with Crippen molar-refractivity contribution in [1.29, 1.82) is 0 Å². The fourth-order valence-corrected chi connectivity index (χ4v) is 1.70. The summed E-state index contributed by atoms with van der Waals surface area (Å²) in [6.45, 7) is 0.218. The van der Waals surface area contributed by atoms with E-state index in [0.717, 1.165) is 11.1 Å². The van der Waals surface area contributed by atoms with Gasteiger partial charge in [-0.2, -0.15) is 4.57 Å². The molecule has 0 bridgehead atoms. The van der Waals surface area contributed by atoms with Gasteiger partial charge in [-0.05, 0) is 11.1 Å². The molecule has 0 aromatic carbocycles. The van der Waals surface area contributed by atoms with Crippen molar-refractivity contribution >= 4 is 5.97 Å². The summed E-state index contributed by atoms with van der Waals surface area (Å²) in [6.07, 6.45) is 7.38. The lowest BCUT2D eigenvalue weighted by atomic mass is 10.1. The fourth-order valence-electron chi connectivity index (χ4n) is 1.70. The number of carbonyl (C=O) groups is 1. The highest BCUT2D eigenvalue weighted by atomic mass is 16.6. The summed E-state index contributed by atoms with van der Waals surface area (Å²) in [5.41, 5.74) is 2.16. The summed E-state index contributed by atoms with van der Waals surface area (Å²) in [4.78, 5) is 16.2. The van der Waals surface area contributed by atoms with Crippen molar-refractivity contribution in [3.63, 3.8) is 0 Å². The quantitative estimate of drug-likeness (QED) is 0.581.